The first kappa shape index (κ1) is 11.0. The van der Waals surface area contributed by atoms with Gasteiger partial charge in [-0.25, -0.2) is 4.39 Å². The van der Waals surface area contributed by atoms with Crippen LogP contribution in [-0.2, 0) is 0 Å². The standard InChI is InChI=1S/C10H4ClFN2O/c11-8-2-7(1-6(4-13)5-14)9(12)3-10(8)15/h1-3,15H. The molecule has 0 aliphatic heterocycles. The van der Waals surface area contributed by atoms with Gasteiger partial charge in [0.1, 0.15) is 29.3 Å². The molecular weight excluding hydrogens is 219 g/mol. The fraction of sp³-hybridized carbons (Fsp3) is 0. The topological polar surface area (TPSA) is 67.8 Å². The Morgan fingerprint density at radius 1 is 1.40 bits per heavy atom. The number of phenols is 1. The van der Waals surface area contributed by atoms with Crippen LogP contribution in [0.25, 0.3) is 6.08 Å². The number of nitrogens with zero attached hydrogens (tertiary/aromatic N) is 2. The zero-order chi connectivity index (χ0) is 11.4. The number of hydrogen-bond donors (Lipinski definition) is 1. The molecule has 74 valence electrons. The molecule has 0 aliphatic carbocycles. The second-order valence-electron chi connectivity index (χ2n) is 2.61. The van der Waals surface area contributed by atoms with Crippen molar-refractivity contribution < 1.29 is 9.50 Å². The van der Waals surface area contributed by atoms with E-state index in [2.05, 4.69) is 0 Å². The van der Waals surface area contributed by atoms with Crippen molar-refractivity contribution in [2.75, 3.05) is 0 Å². The molecule has 0 radical (unpaired) electrons. The van der Waals surface area contributed by atoms with Gasteiger partial charge in [-0.1, -0.05) is 11.6 Å². The molecule has 1 aromatic carbocycles. The quantitative estimate of drug-likeness (QED) is 0.743. The molecule has 0 bridgehead atoms. The predicted octanol–water partition coefficient (Wildman–Crippen LogP) is 2.62. The highest BCUT2D eigenvalue weighted by Gasteiger charge is 2.06. The summed E-state index contributed by atoms with van der Waals surface area (Å²) in [5.41, 5.74) is -0.258. The second kappa shape index (κ2) is 4.45. The van der Waals surface area contributed by atoms with Gasteiger partial charge in [-0.05, 0) is 12.1 Å². The molecule has 0 aromatic heterocycles. The van der Waals surface area contributed by atoms with Gasteiger partial charge in [0.15, 0.2) is 0 Å². The summed E-state index contributed by atoms with van der Waals surface area (Å²) >= 11 is 5.54. The van der Waals surface area contributed by atoms with Gasteiger partial charge in [0.25, 0.3) is 0 Å². The number of allylic oxidation sites excluding steroid dienone is 1. The van der Waals surface area contributed by atoms with Crippen LogP contribution in [0.3, 0.4) is 0 Å². The van der Waals surface area contributed by atoms with E-state index in [1.807, 2.05) is 0 Å². The van der Waals surface area contributed by atoms with Crippen molar-refractivity contribution in [3.8, 4) is 17.9 Å². The van der Waals surface area contributed by atoms with Gasteiger partial charge < -0.3 is 5.11 Å². The van der Waals surface area contributed by atoms with Gasteiger partial charge in [-0.15, -0.1) is 0 Å². The van der Waals surface area contributed by atoms with Gasteiger partial charge >= 0.3 is 0 Å². The van der Waals surface area contributed by atoms with Gasteiger partial charge in [0.2, 0.25) is 0 Å². The van der Waals surface area contributed by atoms with Gasteiger partial charge in [0, 0.05) is 11.6 Å². The van der Waals surface area contributed by atoms with E-state index in [0.717, 1.165) is 18.2 Å². The normalized spacial score (nSPS) is 8.80. The highest BCUT2D eigenvalue weighted by atomic mass is 35.5. The lowest BCUT2D eigenvalue weighted by atomic mass is 10.1. The van der Waals surface area contributed by atoms with Crippen molar-refractivity contribution >= 4 is 17.7 Å². The average Bonchev–Trinajstić information content (AvgIpc) is 2.21. The first-order valence-electron chi connectivity index (χ1n) is 3.78. The highest BCUT2D eigenvalue weighted by Crippen LogP contribution is 2.27. The molecule has 0 saturated carbocycles. The van der Waals surface area contributed by atoms with Crippen LogP contribution in [0.2, 0.25) is 5.02 Å². The Bertz CT molecular complexity index is 495. The predicted molar refractivity (Wildman–Crippen MR) is 52.3 cm³/mol. The van der Waals surface area contributed by atoms with E-state index in [1.165, 1.54) is 0 Å². The third-order valence-corrected chi connectivity index (χ3v) is 1.91. The smallest absolute Gasteiger partial charge is 0.137 e. The molecule has 0 heterocycles. The fourth-order valence-corrected chi connectivity index (χ4v) is 1.08. The molecule has 5 heteroatoms. The molecule has 0 fully saturated rings. The SMILES string of the molecule is N#CC(C#N)=Cc1cc(Cl)c(O)cc1F. The Kier molecular flexibility index (Phi) is 3.28. The Balaban J connectivity index is 3.30. The maximum absolute atomic E-state index is 13.2. The number of phenolic OH excluding ortho intramolecular Hbond substituents is 1. The van der Waals surface area contributed by atoms with Crippen LogP contribution < -0.4 is 0 Å². The monoisotopic (exact) mass is 222 g/mol. The van der Waals surface area contributed by atoms with E-state index in [-0.39, 0.29) is 21.9 Å². The van der Waals surface area contributed by atoms with Crippen LogP contribution in [-0.4, -0.2) is 5.11 Å². The van der Waals surface area contributed by atoms with Crippen molar-refractivity contribution in [1.29, 1.82) is 10.5 Å². The first-order valence-corrected chi connectivity index (χ1v) is 4.16. The molecular formula is C10H4ClFN2O. The Hall–Kier alpha value is -2.04. The summed E-state index contributed by atoms with van der Waals surface area (Å²) in [7, 11) is 0. The Morgan fingerprint density at radius 3 is 2.53 bits per heavy atom. The largest absolute Gasteiger partial charge is 0.506 e. The molecule has 0 saturated heterocycles. The summed E-state index contributed by atoms with van der Waals surface area (Å²) in [4.78, 5) is 0. The first-order chi connectivity index (χ1) is 7.08. The summed E-state index contributed by atoms with van der Waals surface area (Å²) in [6, 6.07) is 5.14. The van der Waals surface area contributed by atoms with Crippen molar-refractivity contribution in [3.05, 3.63) is 34.1 Å². The number of rotatable bonds is 1. The number of aromatic hydroxyl groups is 1. The maximum Gasteiger partial charge on any atom is 0.137 e. The average molecular weight is 223 g/mol. The molecule has 1 rings (SSSR count). The summed E-state index contributed by atoms with van der Waals surface area (Å²) < 4.78 is 13.2. The van der Waals surface area contributed by atoms with E-state index in [0.29, 0.717) is 0 Å². The van der Waals surface area contributed by atoms with Crippen molar-refractivity contribution in [2.45, 2.75) is 0 Å². The lowest BCUT2D eigenvalue weighted by molar-refractivity contribution is 0.469. The van der Waals surface area contributed by atoms with Crippen LogP contribution in [0.15, 0.2) is 17.7 Å². The molecule has 0 amide bonds. The third kappa shape index (κ3) is 2.46. The van der Waals surface area contributed by atoms with Crippen LogP contribution >= 0.6 is 11.6 Å². The number of benzene rings is 1. The van der Waals surface area contributed by atoms with Crippen molar-refractivity contribution in [2.24, 2.45) is 0 Å². The summed E-state index contributed by atoms with van der Waals surface area (Å²) in [6.45, 7) is 0. The molecule has 0 aliphatic rings. The minimum Gasteiger partial charge on any atom is -0.506 e. The van der Waals surface area contributed by atoms with Crippen LogP contribution in [0.1, 0.15) is 5.56 Å². The molecule has 1 aromatic rings. The van der Waals surface area contributed by atoms with Crippen LogP contribution in [0.5, 0.6) is 5.75 Å². The third-order valence-electron chi connectivity index (χ3n) is 1.61. The summed E-state index contributed by atoms with van der Waals surface area (Å²) in [5, 5.41) is 25.9. The van der Waals surface area contributed by atoms with E-state index in [4.69, 9.17) is 27.2 Å². The zero-order valence-electron chi connectivity index (χ0n) is 7.33. The Morgan fingerprint density at radius 2 is 2.00 bits per heavy atom. The molecule has 0 atom stereocenters. The minimum atomic E-state index is -0.750. The molecule has 0 spiro atoms. The van der Waals surface area contributed by atoms with Crippen LogP contribution in [0, 0.1) is 28.5 Å². The number of halogens is 2. The van der Waals surface area contributed by atoms with Crippen molar-refractivity contribution in [3.63, 3.8) is 0 Å². The maximum atomic E-state index is 13.2. The zero-order valence-corrected chi connectivity index (χ0v) is 8.09. The molecule has 0 unspecified atom stereocenters. The minimum absolute atomic E-state index is 0.0177. The Labute approximate surface area is 90.2 Å². The van der Waals surface area contributed by atoms with Crippen LogP contribution in [0.4, 0.5) is 4.39 Å². The molecule has 3 nitrogen and oxygen atoms in total. The lowest BCUT2D eigenvalue weighted by Crippen LogP contribution is -1.84. The van der Waals surface area contributed by atoms with E-state index in [9.17, 15) is 4.39 Å². The number of hydrogen-bond acceptors (Lipinski definition) is 3. The van der Waals surface area contributed by atoms with E-state index < -0.39 is 5.82 Å². The summed E-state index contributed by atoms with van der Waals surface area (Å²) in [6.07, 6.45) is 1.06. The molecule has 15 heavy (non-hydrogen) atoms. The van der Waals surface area contributed by atoms with Crippen molar-refractivity contribution in [1.82, 2.24) is 0 Å². The van der Waals surface area contributed by atoms with Gasteiger partial charge in [-0.3, -0.25) is 0 Å². The number of nitriles is 2. The second-order valence-corrected chi connectivity index (χ2v) is 3.01. The highest BCUT2D eigenvalue weighted by molar-refractivity contribution is 6.32. The fourth-order valence-electron chi connectivity index (χ4n) is 0.907. The van der Waals surface area contributed by atoms with Gasteiger partial charge in [0.05, 0.1) is 5.02 Å². The lowest BCUT2D eigenvalue weighted by Gasteiger charge is -2.00. The van der Waals surface area contributed by atoms with Gasteiger partial charge in [-0.2, -0.15) is 10.5 Å². The van der Waals surface area contributed by atoms with E-state index in [1.54, 1.807) is 12.1 Å². The summed E-state index contributed by atoms with van der Waals surface area (Å²) in [5.74, 6) is -1.14. The van der Waals surface area contributed by atoms with E-state index >= 15 is 0 Å². The molecule has 1 N–H and O–H groups in total.